The Labute approximate surface area is 55.9 Å². The maximum Gasteiger partial charge on any atom is 0.106 e. The molecule has 0 aromatic rings. The van der Waals surface area contributed by atoms with Crippen LogP contribution in [0.4, 0.5) is 0 Å². The van der Waals surface area contributed by atoms with Gasteiger partial charge in [0.15, 0.2) is 0 Å². The molecule has 49 valence electrons. The van der Waals surface area contributed by atoms with Crippen molar-refractivity contribution in [1.29, 1.82) is 0 Å². The minimum Gasteiger partial charge on any atom is -0.399 e. The van der Waals surface area contributed by atoms with E-state index in [-0.39, 0.29) is 0 Å². The van der Waals surface area contributed by atoms with Gasteiger partial charge in [0.2, 0.25) is 0 Å². The lowest BCUT2D eigenvalue weighted by molar-refractivity contribution is 0.214. The van der Waals surface area contributed by atoms with Gasteiger partial charge in [0.25, 0.3) is 0 Å². The fraction of sp³-hybridized carbons (Fsp3) is 0.429. The SMILES string of the molecule is [CH2]C#CCC/C=N\OC. The fourth-order valence-corrected chi connectivity index (χ4v) is 0.352. The molecule has 2 nitrogen and oxygen atoms in total. The summed E-state index contributed by atoms with van der Waals surface area (Å²) in [6.45, 7) is 3.37. The Hall–Kier alpha value is -0.970. The molecule has 0 spiro atoms. The Bertz CT molecular complexity index is 130. The van der Waals surface area contributed by atoms with E-state index in [9.17, 15) is 0 Å². The van der Waals surface area contributed by atoms with Crippen molar-refractivity contribution in [3.8, 4) is 11.8 Å². The topological polar surface area (TPSA) is 21.6 Å². The van der Waals surface area contributed by atoms with Gasteiger partial charge in [-0.3, -0.25) is 0 Å². The van der Waals surface area contributed by atoms with Crippen molar-refractivity contribution in [2.45, 2.75) is 12.8 Å². The molecule has 0 saturated carbocycles. The number of hydrogen-bond acceptors (Lipinski definition) is 2. The van der Waals surface area contributed by atoms with Crippen molar-refractivity contribution in [3.05, 3.63) is 6.92 Å². The molecular formula is C7H10NO. The highest BCUT2D eigenvalue weighted by atomic mass is 16.6. The van der Waals surface area contributed by atoms with Crippen LogP contribution in [0.15, 0.2) is 5.16 Å². The van der Waals surface area contributed by atoms with E-state index in [1.165, 1.54) is 7.11 Å². The van der Waals surface area contributed by atoms with Crippen molar-refractivity contribution in [1.82, 2.24) is 0 Å². The minimum absolute atomic E-state index is 0.802. The molecule has 0 aliphatic carbocycles. The van der Waals surface area contributed by atoms with Crippen molar-refractivity contribution in [2.24, 2.45) is 5.16 Å². The van der Waals surface area contributed by atoms with Crippen LogP contribution >= 0.6 is 0 Å². The normalized spacial score (nSPS) is 8.67. The van der Waals surface area contributed by atoms with Crippen LogP contribution in [0.5, 0.6) is 0 Å². The molecule has 0 aromatic carbocycles. The molecule has 0 aromatic heterocycles. The zero-order chi connectivity index (χ0) is 6.95. The number of rotatable bonds is 3. The van der Waals surface area contributed by atoms with Gasteiger partial charge in [-0.25, -0.2) is 0 Å². The molecule has 0 aliphatic rings. The molecule has 0 unspecified atom stereocenters. The van der Waals surface area contributed by atoms with E-state index in [0.717, 1.165) is 12.8 Å². The number of oxime groups is 1. The van der Waals surface area contributed by atoms with Crippen molar-refractivity contribution in [2.75, 3.05) is 7.11 Å². The van der Waals surface area contributed by atoms with Gasteiger partial charge in [-0.05, 0) is 6.42 Å². The predicted molar refractivity (Wildman–Crippen MR) is 37.9 cm³/mol. The third kappa shape index (κ3) is 7.03. The van der Waals surface area contributed by atoms with Crippen LogP contribution in [-0.2, 0) is 4.84 Å². The van der Waals surface area contributed by atoms with E-state index in [1.807, 2.05) is 0 Å². The first-order valence-corrected chi connectivity index (χ1v) is 2.71. The molecule has 0 amide bonds. The van der Waals surface area contributed by atoms with Crippen LogP contribution in [0.2, 0.25) is 0 Å². The summed E-state index contributed by atoms with van der Waals surface area (Å²) < 4.78 is 0. The highest BCUT2D eigenvalue weighted by molar-refractivity contribution is 5.56. The zero-order valence-corrected chi connectivity index (χ0v) is 5.55. The maximum atomic E-state index is 4.43. The molecule has 9 heavy (non-hydrogen) atoms. The second-order valence-corrected chi connectivity index (χ2v) is 1.36. The highest BCUT2D eigenvalue weighted by Crippen LogP contribution is 1.81. The first-order chi connectivity index (χ1) is 4.41. The summed E-state index contributed by atoms with van der Waals surface area (Å²) in [6.07, 6.45) is 3.32. The van der Waals surface area contributed by atoms with E-state index in [1.54, 1.807) is 6.21 Å². The van der Waals surface area contributed by atoms with Crippen molar-refractivity contribution in [3.63, 3.8) is 0 Å². The molecule has 0 fully saturated rings. The van der Waals surface area contributed by atoms with Gasteiger partial charge in [-0.15, -0.1) is 11.8 Å². The molecule has 0 N–H and O–H groups in total. The van der Waals surface area contributed by atoms with Gasteiger partial charge in [-0.1, -0.05) is 5.16 Å². The predicted octanol–water partition coefficient (Wildman–Crippen LogP) is 1.24. The van der Waals surface area contributed by atoms with Crippen LogP contribution in [0.1, 0.15) is 12.8 Å². The second-order valence-electron chi connectivity index (χ2n) is 1.36. The van der Waals surface area contributed by atoms with Gasteiger partial charge in [-0.2, -0.15) is 0 Å². The Morgan fingerprint density at radius 2 is 2.56 bits per heavy atom. The number of unbranched alkanes of at least 4 members (excludes halogenated alkanes) is 1. The van der Waals surface area contributed by atoms with E-state index < -0.39 is 0 Å². The van der Waals surface area contributed by atoms with Gasteiger partial charge >= 0.3 is 0 Å². The van der Waals surface area contributed by atoms with Crippen LogP contribution in [0, 0.1) is 18.8 Å². The standard InChI is InChI=1S/C7H10NO/c1-3-4-5-6-7-8-9-2/h7H,1,5-6H2,2H3/b8-7-. The second kappa shape index (κ2) is 7.03. The molecule has 0 atom stereocenters. The average Bonchev–Trinajstić information content (AvgIpc) is 1.89. The Balaban J connectivity index is 3.06. The number of hydrogen-bond donors (Lipinski definition) is 0. The van der Waals surface area contributed by atoms with Crippen molar-refractivity contribution >= 4 is 6.21 Å². The zero-order valence-electron chi connectivity index (χ0n) is 5.55. The minimum atomic E-state index is 0.802. The van der Waals surface area contributed by atoms with Crippen LogP contribution < -0.4 is 0 Å². The number of nitrogens with zero attached hydrogens (tertiary/aromatic N) is 1. The van der Waals surface area contributed by atoms with Gasteiger partial charge in [0.1, 0.15) is 7.11 Å². The molecular weight excluding hydrogens is 114 g/mol. The van der Waals surface area contributed by atoms with Gasteiger partial charge in [0, 0.05) is 19.6 Å². The van der Waals surface area contributed by atoms with E-state index in [4.69, 9.17) is 0 Å². The summed E-state index contributed by atoms with van der Waals surface area (Å²) in [6, 6.07) is 0. The highest BCUT2D eigenvalue weighted by Gasteiger charge is 1.73. The van der Waals surface area contributed by atoms with Crippen LogP contribution in [0.3, 0.4) is 0 Å². The Kier molecular flexibility index (Phi) is 6.27. The smallest absolute Gasteiger partial charge is 0.106 e. The average molecular weight is 124 g/mol. The summed E-state index contributed by atoms with van der Waals surface area (Å²) in [5.74, 6) is 5.34. The van der Waals surface area contributed by atoms with E-state index in [0.29, 0.717) is 0 Å². The van der Waals surface area contributed by atoms with Crippen molar-refractivity contribution < 1.29 is 4.84 Å². The summed E-state index contributed by atoms with van der Waals surface area (Å²) in [5, 5.41) is 3.53. The van der Waals surface area contributed by atoms with E-state index >= 15 is 0 Å². The van der Waals surface area contributed by atoms with Crippen LogP contribution in [0.25, 0.3) is 0 Å². The lowest BCUT2D eigenvalue weighted by Gasteiger charge is -1.82. The first-order valence-electron chi connectivity index (χ1n) is 2.71. The maximum absolute atomic E-state index is 4.43. The van der Waals surface area contributed by atoms with E-state index in [2.05, 4.69) is 28.8 Å². The molecule has 0 heterocycles. The summed E-state index contributed by atoms with van der Waals surface area (Å²) in [7, 11) is 1.52. The summed E-state index contributed by atoms with van der Waals surface area (Å²) in [5.41, 5.74) is 0. The Morgan fingerprint density at radius 1 is 1.78 bits per heavy atom. The van der Waals surface area contributed by atoms with Crippen LogP contribution in [-0.4, -0.2) is 13.3 Å². The molecule has 0 bridgehead atoms. The quantitative estimate of drug-likeness (QED) is 0.240. The third-order valence-corrected chi connectivity index (χ3v) is 0.703. The largest absolute Gasteiger partial charge is 0.399 e. The third-order valence-electron chi connectivity index (χ3n) is 0.703. The Morgan fingerprint density at radius 3 is 3.11 bits per heavy atom. The summed E-state index contributed by atoms with van der Waals surface area (Å²) in [4.78, 5) is 4.43. The molecule has 2 heteroatoms. The monoisotopic (exact) mass is 124 g/mol. The van der Waals surface area contributed by atoms with Gasteiger partial charge < -0.3 is 4.84 Å². The molecule has 0 aliphatic heterocycles. The molecule has 0 saturated heterocycles. The fourth-order valence-electron chi connectivity index (χ4n) is 0.352. The summed E-state index contributed by atoms with van der Waals surface area (Å²) >= 11 is 0. The lowest BCUT2D eigenvalue weighted by Crippen LogP contribution is -1.74. The molecule has 0 rings (SSSR count). The molecule has 1 radical (unpaired) electrons. The van der Waals surface area contributed by atoms with Gasteiger partial charge in [0.05, 0.1) is 0 Å². The lowest BCUT2D eigenvalue weighted by atomic mass is 10.3. The first kappa shape index (κ1) is 8.03.